The van der Waals surface area contributed by atoms with Gasteiger partial charge in [-0.2, -0.15) is 0 Å². The van der Waals surface area contributed by atoms with Crippen molar-refractivity contribution in [2.75, 3.05) is 24.5 Å². The van der Waals surface area contributed by atoms with Gasteiger partial charge >= 0.3 is 0 Å². The molecule has 0 spiro atoms. The van der Waals surface area contributed by atoms with E-state index in [0.717, 1.165) is 55.4 Å². The van der Waals surface area contributed by atoms with Gasteiger partial charge in [-0.05, 0) is 74.0 Å². The Balaban J connectivity index is 1.28. The summed E-state index contributed by atoms with van der Waals surface area (Å²) in [7, 11) is 0. The lowest BCUT2D eigenvalue weighted by Gasteiger charge is -2.26. The van der Waals surface area contributed by atoms with E-state index in [4.69, 9.17) is 5.10 Å². The number of imidazole rings is 1. The molecule has 0 bridgehead atoms. The number of nitrogens with zero attached hydrogens (tertiary/aromatic N) is 5. The Kier molecular flexibility index (Phi) is 6.00. The van der Waals surface area contributed by atoms with Gasteiger partial charge in [-0.3, -0.25) is 0 Å². The first-order valence-corrected chi connectivity index (χ1v) is 12.3. The van der Waals surface area contributed by atoms with Crippen molar-refractivity contribution in [2.45, 2.75) is 37.5 Å². The van der Waals surface area contributed by atoms with Crippen molar-refractivity contribution < 1.29 is 13.2 Å². The van der Waals surface area contributed by atoms with Crippen LogP contribution in [-0.2, 0) is 0 Å². The van der Waals surface area contributed by atoms with Crippen LogP contribution in [-0.4, -0.2) is 45.0 Å². The van der Waals surface area contributed by atoms with Crippen LogP contribution in [0.1, 0.15) is 48.2 Å². The van der Waals surface area contributed by atoms with Crippen molar-refractivity contribution in [2.24, 2.45) is 0 Å². The summed E-state index contributed by atoms with van der Waals surface area (Å²) in [6.07, 6.45) is 11.1. The average molecular weight is 493 g/mol. The first kappa shape index (κ1) is 22.8. The lowest BCUT2D eigenvalue weighted by Crippen LogP contribution is -2.28. The summed E-state index contributed by atoms with van der Waals surface area (Å²) in [5.74, 6) is -0.613. The molecule has 6 nitrogen and oxygen atoms in total. The van der Waals surface area contributed by atoms with Crippen molar-refractivity contribution in [1.82, 2.24) is 24.5 Å². The van der Waals surface area contributed by atoms with Gasteiger partial charge in [0.1, 0.15) is 23.6 Å². The molecule has 9 heteroatoms. The number of alkyl halides is 1. The van der Waals surface area contributed by atoms with Crippen LogP contribution >= 0.6 is 0 Å². The van der Waals surface area contributed by atoms with Crippen molar-refractivity contribution in [3.05, 3.63) is 83.4 Å². The van der Waals surface area contributed by atoms with Crippen LogP contribution in [0, 0.1) is 11.6 Å². The summed E-state index contributed by atoms with van der Waals surface area (Å²) in [6.45, 7) is 2.14. The highest BCUT2D eigenvalue weighted by Gasteiger charge is 2.36. The van der Waals surface area contributed by atoms with E-state index in [0.29, 0.717) is 17.5 Å². The van der Waals surface area contributed by atoms with Gasteiger partial charge in [-0.25, -0.2) is 22.7 Å². The molecule has 0 amide bonds. The minimum atomic E-state index is -1.17. The number of rotatable bonds is 5. The van der Waals surface area contributed by atoms with Crippen LogP contribution in [0.3, 0.4) is 0 Å². The zero-order chi connectivity index (χ0) is 24.6. The molecule has 2 atom stereocenters. The Morgan fingerprint density at radius 3 is 2.75 bits per heavy atom. The van der Waals surface area contributed by atoms with Gasteiger partial charge in [0.05, 0.1) is 24.5 Å². The highest BCUT2D eigenvalue weighted by atomic mass is 19.1. The van der Waals surface area contributed by atoms with E-state index in [1.165, 1.54) is 0 Å². The quantitative estimate of drug-likeness (QED) is 0.417. The Morgan fingerprint density at radius 1 is 1.03 bits per heavy atom. The highest BCUT2D eigenvalue weighted by Crippen LogP contribution is 2.38. The van der Waals surface area contributed by atoms with E-state index in [9.17, 15) is 13.2 Å². The number of fused-ring (bicyclic) bond motifs is 1. The van der Waals surface area contributed by atoms with Crippen LogP contribution in [0.5, 0.6) is 0 Å². The fraction of sp³-hybridized carbons (Fsp3) is 0.333. The highest BCUT2D eigenvalue weighted by molar-refractivity contribution is 5.69. The first-order valence-electron chi connectivity index (χ1n) is 12.3. The number of nitrogens with one attached hydrogen (secondary N) is 1. The summed E-state index contributed by atoms with van der Waals surface area (Å²) in [6, 6.07) is 8.81. The summed E-state index contributed by atoms with van der Waals surface area (Å²) in [5.41, 5.74) is 2.64. The molecule has 2 aliphatic rings. The van der Waals surface area contributed by atoms with E-state index >= 15 is 0 Å². The molecule has 6 rings (SSSR count). The van der Waals surface area contributed by atoms with Crippen molar-refractivity contribution >= 4 is 23.6 Å². The van der Waals surface area contributed by atoms with E-state index < -0.39 is 23.8 Å². The second-order valence-corrected chi connectivity index (χ2v) is 9.52. The molecular weight excluding hydrogens is 465 g/mol. The largest absolute Gasteiger partial charge is 0.351 e. The zero-order valence-electron chi connectivity index (χ0n) is 19.7. The molecule has 4 aromatic rings. The predicted molar refractivity (Wildman–Crippen MR) is 133 cm³/mol. The molecule has 2 saturated heterocycles. The molecule has 0 aliphatic carbocycles. The van der Waals surface area contributed by atoms with Crippen molar-refractivity contribution in [3.8, 4) is 0 Å². The molecule has 2 fully saturated rings. The SMILES string of the molecule is Fc1ccc(F)c([C@H]2C[C@H](F)CN2c2ccc3ncc(/C=C/c4ccn(C5CCNCC5)c4)n3n2)c1. The van der Waals surface area contributed by atoms with Crippen LogP contribution < -0.4 is 10.2 Å². The molecule has 0 radical (unpaired) electrons. The average Bonchev–Trinajstić information content (AvgIpc) is 3.63. The maximum Gasteiger partial charge on any atom is 0.154 e. The van der Waals surface area contributed by atoms with Gasteiger partial charge in [-0.15, -0.1) is 5.10 Å². The van der Waals surface area contributed by atoms with E-state index in [2.05, 4.69) is 33.3 Å². The van der Waals surface area contributed by atoms with Gasteiger partial charge in [0.25, 0.3) is 0 Å². The molecule has 186 valence electrons. The van der Waals surface area contributed by atoms with Gasteiger partial charge in [-0.1, -0.05) is 6.08 Å². The summed E-state index contributed by atoms with van der Waals surface area (Å²) < 4.78 is 46.8. The minimum absolute atomic E-state index is 0.0587. The monoisotopic (exact) mass is 492 g/mol. The third kappa shape index (κ3) is 4.39. The predicted octanol–water partition coefficient (Wildman–Crippen LogP) is 5.19. The number of hydrogen-bond donors (Lipinski definition) is 1. The third-order valence-corrected chi connectivity index (χ3v) is 7.15. The fourth-order valence-electron chi connectivity index (χ4n) is 5.29. The van der Waals surface area contributed by atoms with Gasteiger partial charge < -0.3 is 14.8 Å². The van der Waals surface area contributed by atoms with Gasteiger partial charge in [0.2, 0.25) is 0 Å². The van der Waals surface area contributed by atoms with Crippen LogP contribution in [0.25, 0.3) is 17.8 Å². The number of aromatic nitrogens is 4. The Labute approximate surface area is 207 Å². The number of anilines is 1. The number of hydrogen-bond acceptors (Lipinski definition) is 4. The smallest absolute Gasteiger partial charge is 0.154 e. The Morgan fingerprint density at radius 2 is 1.89 bits per heavy atom. The Bertz CT molecular complexity index is 1400. The fourth-order valence-corrected chi connectivity index (χ4v) is 5.29. The second kappa shape index (κ2) is 9.46. The molecule has 36 heavy (non-hydrogen) atoms. The minimum Gasteiger partial charge on any atom is -0.351 e. The lowest BCUT2D eigenvalue weighted by molar-refractivity contribution is 0.355. The number of piperidine rings is 1. The van der Waals surface area contributed by atoms with Crippen molar-refractivity contribution in [1.29, 1.82) is 0 Å². The van der Waals surface area contributed by atoms with Gasteiger partial charge in [0, 0.05) is 30.4 Å². The molecular formula is C27H27F3N6. The number of halogens is 3. The number of benzene rings is 1. The molecule has 0 saturated carbocycles. The maximum atomic E-state index is 14.5. The summed E-state index contributed by atoms with van der Waals surface area (Å²) >= 11 is 0. The molecule has 1 N–H and O–H groups in total. The second-order valence-electron chi connectivity index (χ2n) is 9.52. The maximum absolute atomic E-state index is 14.5. The standard InChI is InChI=1S/C27H27F3N6/c28-19-2-4-24(30)23(13-19)25-14-20(29)17-35(25)27-6-5-26-32-15-22(36(26)33-27)3-1-18-9-12-34(16-18)21-7-10-31-11-8-21/h1-6,9,12-13,15-16,20-21,25,31H,7-8,10-11,14,17H2/b3-1+/t20-,25+/m0/s1. The van der Waals surface area contributed by atoms with E-state index in [1.807, 2.05) is 12.2 Å². The molecule has 3 aromatic heterocycles. The Hall–Kier alpha value is -3.59. The first-order chi connectivity index (χ1) is 17.5. The normalized spacial score (nSPS) is 21.2. The van der Waals surface area contributed by atoms with Crippen LogP contribution in [0.2, 0.25) is 0 Å². The van der Waals surface area contributed by atoms with Gasteiger partial charge in [0.15, 0.2) is 5.65 Å². The zero-order valence-corrected chi connectivity index (χ0v) is 19.7. The lowest BCUT2D eigenvalue weighted by atomic mass is 10.0. The molecule has 5 heterocycles. The summed E-state index contributed by atoms with van der Waals surface area (Å²) in [5, 5.41) is 8.10. The van der Waals surface area contributed by atoms with Crippen LogP contribution in [0.4, 0.5) is 19.0 Å². The van der Waals surface area contributed by atoms with Crippen molar-refractivity contribution in [3.63, 3.8) is 0 Å². The molecule has 2 aliphatic heterocycles. The summed E-state index contributed by atoms with van der Waals surface area (Å²) in [4.78, 5) is 6.13. The third-order valence-electron chi connectivity index (χ3n) is 7.15. The van der Waals surface area contributed by atoms with Crippen LogP contribution in [0.15, 0.2) is 55.0 Å². The molecule has 0 unspecified atom stereocenters. The van der Waals surface area contributed by atoms with E-state index in [1.54, 1.807) is 27.7 Å². The topological polar surface area (TPSA) is 50.4 Å². The molecule has 1 aromatic carbocycles. The van der Waals surface area contributed by atoms with E-state index in [-0.39, 0.29) is 18.5 Å².